The second-order valence-electron chi connectivity index (χ2n) is 3.76. The molecule has 0 saturated heterocycles. The van der Waals surface area contributed by atoms with Gasteiger partial charge in [-0.2, -0.15) is 0 Å². The fourth-order valence-corrected chi connectivity index (χ4v) is 1.77. The molecule has 0 spiro atoms. The minimum atomic E-state index is -0.157. The Morgan fingerprint density at radius 3 is 2.65 bits per heavy atom. The Morgan fingerprint density at radius 1 is 1.06 bits per heavy atom. The van der Waals surface area contributed by atoms with Crippen LogP contribution in [0, 0.1) is 0 Å². The van der Waals surface area contributed by atoms with Crippen molar-refractivity contribution in [1.29, 1.82) is 0 Å². The largest absolute Gasteiger partial charge is 0.397 e. The Balaban J connectivity index is 2.25. The van der Waals surface area contributed by atoms with Crippen LogP contribution in [-0.2, 0) is 0 Å². The topological polar surface area (TPSA) is 87.6 Å². The van der Waals surface area contributed by atoms with Crippen LogP contribution in [0.2, 0.25) is 0 Å². The zero-order valence-corrected chi connectivity index (χ0v) is 8.90. The van der Waals surface area contributed by atoms with E-state index in [-0.39, 0.29) is 5.56 Å². The lowest BCUT2D eigenvalue weighted by Gasteiger charge is -1.93. The summed E-state index contributed by atoms with van der Waals surface area (Å²) in [6, 6.07) is 10.5. The predicted molar refractivity (Wildman–Crippen MR) is 66.6 cm³/mol. The third-order valence-corrected chi connectivity index (χ3v) is 2.57. The molecule has 2 aromatic heterocycles. The fraction of sp³-hybridized carbons (Fsp3) is 0. The van der Waals surface area contributed by atoms with Gasteiger partial charge in [0.25, 0.3) is 0 Å². The Hall–Kier alpha value is -2.56. The molecule has 0 fully saturated rings. The monoisotopic (exact) mass is 226 g/mol. The van der Waals surface area contributed by atoms with Crippen LogP contribution in [0.4, 0.5) is 5.69 Å². The SMILES string of the molecule is Nc1cccc2[nH]c(-c3cccc(=O)[nH]3)nc12. The molecular formula is C12H10N4O. The number of nitrogens with two attached hydrogens (primary N) is 1. The van der Waals surface area contributed by atoms with Crippen molar-refractivity contribution in [3.05, 3.63) is 46.8 Å². The highest BCUT2D eigenvalue weighted by Crippen LogP contribution is 2.22. The van der Waals surface area contributed by atoms with Crippen LogP contribution in [0.1, 0.15) is 0 Å². The zero-order chi connectivity index (χ0) is 11.8. The molecule has 0 bridgehead atoms. The van der Waals surface area contributed by atoms with Gasteiger partial charge in [0.05, 0.1) is 16.9 Å². The molecule has 17 heavy (non-hydrogen) atoms. The summed E-state index contributed by atoms with van der Waals surface area (Å²) in [5, 5.41) is 0. The summed E-state index contributed by atoms with van der Waals surface area (Å²) in [6.45, 7) is 0. The van der Waals surface area contributed by atoms with Crippen LogP contribution in [0.5, 0.6) is 0 Å². The number of nitrogens with one attached hydrogen (secondary N) is 2. The number of para-hydroxylation sites is 1. The van der Waals surface area contributed by atoms with E-state index >= 15 is 0 Å². The number of aromatic nitrogens is 3. The molecule has 4 N–H and O–H groups in total. The van der Waals surface area contributed by atoms with Crippen molar-refractivity contribution < 1.29 is 0 Å². The van der Waals surface area contributed by atoms with Gasteiger partial charge in [0, 0.05) is 6.07 Å². The first-order valence-corrected chi connectivity index (χ1v) is 5.18. The van der Waals surface area contributed by atoms with Crippen LogP contribution in [-0.4, -0.2) is 15.0 Å². The summed E-state index contributed by atoms with van der Waals surface area (Å²) < 4.78 is 0. The maximum Gasteiger partial charge on any atom is 0.248 e. The van der Waals surface area contributed by atoms with Gasteiger partial charge < -0.3 is 15.7 Å². The average molecular weight is 226 g/mol. The van der Waals surface area contributed by atoms with E-state index in [9.17, 15) is 4.79 Å². The first-order chi connectivity index (χ1) is 8.24. The van der Waals surface area contributed by atoms with E-state index in [0.717, 1.165) is 5.52 Å². The van der Waals surface area contributed by atoms with E-state index in [1.807, 2.05) is 12.1 Å². The smallest absolute Gasteiger partial charge is 0.248 e. The molecule has 5 nitrogen and oxygen atoms in total. The van der Waals surface area contributed by atoms with Gasteiger partial charge in [0.15, 0.2) is 5.82 Å². The molecule has 0 saturated carbocycles. The Kier molecular flexibility index (Phi) is 1.98. The van der Waals surface area contributed by atoms with Gasteiger partial charge in [-0.1, -0.05) is 12.1 Å². The molecule has 0 aliphatic heterocycles. The lowest BCUT2D eigenvalue weighted by molar-refractivity contribution is 1.19. The molecule has 0 radical (unpaired) electrons. The fourth-order valence-electron chi connectivity index (χ4n) is 1.77. The number of imidazole rings is 1. The maximum absolute atomic E-state index is 11.2. The number of hydrogen-bond acceptors (Lipinski definition) is 3. The van der Waals surface area contributed by atoms with E-state index in [0.29, 0.717) is 22.7 Å². The summed E-state index contributed by atoms with van der Waals surface area (Å²) in [4.78, 5) is 21.4. The molecule has 0 amide bonds. The normalized spacial score (nSPS) is 10.8. The average Bonchev–Trinajstić information content (AvgIpc) is 2.74. The predicted octanol–water partition coefficient (Wildman–Crippen LogP) is 1.50. The molecule has 0 aliphatic rings. The lowest BCUT2D eigenvalue weighted by atomic mass is 10.3. The summed E-state index contributed by atoms with van der Waals surface area (Å²) in [6.07, 6.45) is 0. The van der Waals surface area contributed by atoms with Crippen LogP contribution >= 0.6 is 0 Å². The quantitative estimate of drug-likeness (QED) is 0.549. The van der Waals surface area contributed by atoms with Gasteiger partial charge in [-0.25, -0.2) is 4.98 Å². The summed E-state index contributed by atoms with van der Waals surface area (Å²) >= 11 is 0. The van der Waals surface area contributed by atoms with Crippen LogP contribution in [0.3, 0.4) is 0 Å². The molecule has 3 rings (SSSR count). The highest BCUT2D eigenvalue weighted by atomic mass is 16.1. The molecule has 84 valence electrons. The lowest BCUT2D eigenvalue weighted by Crippen LogP contribution is -2.03. The first kappa shape index (κ1) is 9.65. The van der Waals surface area contributed by atoms with Crippen molar-refractivity contribution in [2.24, 2.45) is 0 Å². The van der Waals surface area contributed by atoms with Gasteiger partial charge in [0.1, 0.15) is 5.52 Å². The van der Waals surface area contributed by atoms with Gasteiger partial charge in [-0.3, -0.25) is 4.79 Å². The third-order valence-electron chi connectivity index (χ3n) is 2.57. The second-order valence-corrected chi connectivity index (χ2v) is 3.76. The third kappa shape index (κ3) is 1.57. The van der Waals surface area contributed by atoms with E-state index in [1.54, 1.807) is 18.2 Å². The first-order valence-electron chi connectivity index (χ1n) is 5.18. The zero-order valence-electron chi connectivity index (χ0n) is 8.90. The van der Waals surface area contributed by atoms with Crippen LogP contribution in [0.15, 0.2) is 41.2 Å². The second kappa shape index (κ2) is 3.48. The number of pyridine rings is 1. The number of anilines is 1. The number of hydrogen-bond donors (Lipinski definition) is 3. The van der Waals surface area contributed by atoms with Crippen molar-refractivity contribution in [2.75, 3.05) is 5.73 Å². The van der Waals surface area contributed by atoms with Gasteiger partial charge >= 0.3 is 0 Å². The van der Waals surface area contributed by atoms with E-state index < -0.39 is 0 Å². The van der Waals surface area contributed by atoms with Crippen molar-refractivity contribution in [2.45, 2.75) is 0 Å². The number of nitrogens with zero attached hydrogens (tertiary/aromatic N) is 1. The van der Waals surface area contributed by atoms with Gasteiger partial charge in [0.2, 0.25) is 5.56 Å². The Bertz CT molecular complexity index is 741. The molecule has 0 atom stereocenters. The number of rotatable bonds is 1. The molecule has 0 unspecified atom stereocenters. The number of aromatic amines is 2. The van der Waals surface area contributed by atoms with E-state index in [2.05, 4.69) is 15.0 Å². The summed E-state index contributed by atoms with van der Waals surface area (Å²) in [5.41, 5.74) is 8.49. The van der Waals surface area contributed by atoms with Crippen molar-refractivity contribution in [3.8, 4) is 11.5 Å². The maximum atomic E-state index is 11.2. The molecule has 5 heteroatoms. The van der Waals surface area contributed by atoms with Gasteiger partial charge in [-0.15, -0.1) is 0 Å². The minimum absolute atomic E-state index is 0.157. The molecule has 0 aliphatic carbocycles. The van der Waals surface area contributed by atoms with Crippen LogP contribution in [0.25, 0.3) is 22.6 Å². The van der Waals surface area contributed by atoms with Crippen molar-refractivity contribution in [1.82, 2.24) is 15.0 Å². The number of benzene rings is 1. The Labute approximate surface area is 96.3 Å². The minimum Gasteiger partial charge on any atom is -0.397 e. The highest BCUT2D eigenvalue weighted by Gasteiger charge is 2.07. The number of H-pyrrole nitrogens is 2. The van der Waals surface area contributed by atoms with Gasteiger partial charge in [-0.05, 0) is 18.2 Å². The molecular weight excluding hydrogens is 216 g/mol. The van der Waals surface area contributed by atoms with Crippen molar-refractivity contribution in [3.63, 3.8) is 0 Å². The Morgan fingerprint density at radius 2 is 1.88 bits per heavy atom. The van der Waals surface area contributed by atoms with E-state index in [1.165, 1.54) is 6.07 Å². The number of fused-ring (bicyclic) bond motifs is 1. The summed E-state index contributed by atoms with van der Waals surface area (Å²) in [7, 11) is 0. The van der Waals surface area contributed by atoms with Crippen molar-refractivity contribution >= 4 is 16.7 Å². The standard InChI is InChI=1S/C12H10N4O/c13-7-3-1-4-8-11(7)16-12(15-8)9-5-2-6-10(17)14-9/h1-6H,13H2,(H,14,17)(H,15,16). The summed E-state index contributed by atoms with van der Waals surface area (Å²) in [5.74, 6) is 0.607. The molecule has 1 aromatic carbocycles. The highest BCUT2D eigenvalue weighted by molar-refractivity contribution is 5.88. The van der Waals surface area contributed by atoms with Crippen LogP contribution < -0.4 is 11.3 Å². The number of nitrogen functional groups attached to an aromatic ring is 1. The molecule has 3 aromatic rings. The van der Waals surface area contributed by atoms with E-state index in [4.69, 9.17) is 5.73 Å². The molecule has 2 heterocycles.